The van der Waals surface area contributed by atoms with Crippen LogP contribution in [-0.4, -0.2) is 21.0 Å². The molecule has 0 fully saturated rings. The molecular weight excluding hydrogens is 359 g/mol. The van der Waals surface area contributed by atoms with Gasteiger partial charge in [-0.05, 0) is 24.4 Å². The molecule has 0 bridgehead atoms. The van der Waals surface area contributed by atoms with Gasteiger partial charge < -0.3 is 9.84 Å². The van der Waals surface area contributed by atoms with Crippen LogP contribution in [0.25, 0.3) is 10.8 Å². The molecule has 1 unspecified atom stereocenters. The van der Waals surface area contributed by atoms with E-state index >= 15 is 0 Å². The van der Waals surface area contributed by atoms with Gasteiger partial charge in [0.15, 0.2) is 0 Å². The van der Waals surface area contributed by atoms with Crippen molar-refractivity contribution in [2.24, 2.45) is 0 Å². The predicted molar refractivity (Wildman–Crippen MR) is 80.0 cm³/mol. The smallest absolute Gasteiger partial charge is 0.336 e. The number of hydrogen-bond donors (Lipinski definition) is 1. The highest BCUT2D eigenvalue weighted by atomic mass is 127. The number of carbonyl (C=O) groups excluding carboxylic acids is 1. The second kappa shape index (κ2) is 5.56. The molecule has 0 heterocycles. The number of benzene rings is 2. The van der Waals surface area contributed by atoms with E-state index in [0.29, 0.717) is 16.5 Å². The molecule has 0 aliphatic rings. The van der Waals surface area contributed by atoms with Gasteiger partial charge in [-0.25, -0.2) is 4.79 Å². The minimum absolute atomic E-state index is 0.193. The summed E-state index contributed by atoms with van der Waals surface area (Å²) in [6, 6.07) is 9.93. The maximum Gasteiger partial charge on any atom is 0.336 e. The first-order valence-electron chi connectivity index (χ1n) is 5.61. The number of carboxylic acids is 1. The summed E-state index contributed by atoms with van der Waals surface area (Å²) in [4.78, 5) is 22.8. The highest BCUT2D eigenvalue weighted by Crippen LogP contribution is 2.29. The van der Waals surface area contributed by atoms with Crippen molar-refractivity contribution in [2.75, 3.05) is 0 Å². The van der Waals surface area contributed by atoms with Crippen LogP contribution in [0.1, 0.15) is 17.3 Å². The highest BCUT2D eigenvalue weighted by Gasteiger charge is 2.16. The summed E-state index contributed by atoms with van der Waals surface area (Å²) in [7, 11) is 0. The van der Waals surface area contributed by atoms with E-state index in [2.05, 4.69) is 0 Å². The van der Waals surface area contributed by atoms with E-state index in [1.807, 2.05) is 22.6 Å². The molecule has 0 saturated carbocycles. The third kappa shape index (κ3) is 2.86. The standard InChI is InChI=1S/C14H11IO4/c1-8(15)14(18)19-12-7-6-11(13(16)17)9-4-2-3-5-10(9)12/h2-8H,1H3,(H,16,17). The molecule has 4 nitrogen and oxygen atoms in total. The van der Waals surface area contributed by atoms with Crippen LogP contribution in [-0.2, 0) is 4.79 Å². The Bertz CT molecular complexity index is 649. The Morgan fingerprint density at radius 1 is 1.16 bits per heavy atom. The van der Waals surface area contributed by atoms with Crippen LogP contribution in [0.4, 0.5) is 0 Å². The van der Waals surface area contributed by atoms with Gasteiger partial charge in [-0.15, -0.1) is 0 Å². The Kier molecular flexibility index (Phi) is 4.04. The molecule has 0 spiro atoms. The second-order valence-electron chi connectivity index (χ2n) is 4.00. The van der Waals surface area contributed by atoms with Gasteiger partial charge in [0.1, 0.15) is 9.67 Å². The zero-order chi connectivity index (χ0) is 14.0. The molecule has 0 aliphatic carbocycles. The van der Waals surface area contributed by atoms with Gasteiger partial charge in [0.05, 0.1) is 5.56 Å². The summed E-state index contributed by atoms with van der Waals surface area (Å²) in [6.45, 7) is 1.73. The van der Waals surface area contributed by atoms with E-state index < -0.39 is 5.97 Å². The molecule has 0 aromatic heterocycles. The minimum Gasteiger partial charge on any atom is -0.478 e. The number of ether oxygens (including phenoxy) is 1. The Morgan fingerprint density at radius 2 is 1.79 bits per heavy atom. The fraction of sp³-hybridized carbons (Fsp3) is 0.143. The number of fused-ring (bicyclic) bond motifs is 1. The number of rotatable bonds is 3. The van der Waals surface area contributed by atoms with Crippen LogP contribution in [0, 0.1) is 0 Å². The number of alkyl halides is 1. The van der Waals surface area contributed by atoms with Crippen LogP contribution >= 0.6 is 22.6 Å². The molecule has 0 amide bonds. The number of halogens is 1. The lowest BCUT2D eigenvalue weighted by Crippen LogP contribution is -2.17. The number of carboxylic acid groups (broad SMARTS) is 1. The van der Waals surface area contributed by atoms with Gasteiger partial charge in [0, 0.05) is 5.39 Å². The van der Waals surface area contributed by atoms with Gasteiger partial charge in [-0.2, -0.15) is 0 Å². The molecule has 1 N–H and O–H groups in total. The van der Waals surface area contributed by atoms with E-state index in [0.717, 1.165) is 0 Å². The largest absolute Gasteiger partial charge is 0.478 e. The van der Waals surface area contributed by atoms with Crippen molar-refractivity contribution < 1.29 is 19.4 Å². The topological polar surface area (TPSA) is 63.6 Å². The van der Waals surface area contributed by atoms with Crippen LogP contribution in [0.5, 0.6) is 5.75 Å². The summed E-state index contributed by atoms with van der Waals surface area (Å²) in [6.07, 6.45) is 0. The number of hydrogen-bond acceptors (Lipinski definition) is 3. The molecule has 19 heavy (non-hydrogen) atoms. The first kappa shape index (κ1) is 13.8. The zero-order valence-electron chi connectivity index (χ0n) is 10.1. The molecule has 98 valence electrons. The van der Waals surface area contributed by atoms with Crippen LogP contribution in [0.15, 0.2) is 36.4 Å². The van der Waals surface area contributed by atoms with Crippen molar-refractivity contribution in [3.05, 3.63) is 42.0 Å². The summed E-state index contributed by atoms with van der Waals surface area (Å²) < 4.78 is 5.02. The fourth-order valence-electron chi connectivity index (χ4n) is 1.74. The van der Waals surface area contributed by atoms with Crippen molar-refractivity contribution in [3.63, 3.8) is 0 Å². The molecule has 0 radical (unpaired) electrons. The van der Waals surface area contributed by atoms with E-state index in [1.54, 1.807) is 31.2 Å². The molecule has 0 aliphatic heterocycles. The molecule has 1 atom stereocenters. The lowest BCUT2D eigenvalue weighted by Gasteiger charge is -2.10. The van der Waals surface area contributed by atoms with Gasteiger partial charge in [0.25, 0.3) is 0 Å². The molecule has 5 heteroatoms. The van der Waals surface area contributed by atoms with Crippen molar-refractivity contribution in [1.29, 1.82) is 0 Å². The van der Waals surface area contributed by atoms with Gasteiger partial charge in [0.2, 0.25) is 0 Å². The van der Waals surface area contributed by atoms with Crippen LogP contribution in [0.2, 0.25) is 0 Å². The Labute approximate surface area is 123 Å². The highest BCUT2D eigenvalue weighted by molar-refractivity contribution is 14.1. The first-order valence-corrected chi connectivity index (χ1v) is 6.86. The van der Waals surface area contributed by atoms with Crippen molar-refractivity contribution in [3.8, 4) is 5.75 Å². The number of carbonyl (C=O) groups is 2. The Morgan fingerprint density at radius 3 is 2.37 bits per heavy atom. The summed E-state index contributed by atoms with van der Waals surface area (Å²) >= 11 is 1.97. The summed E-state index contributed by atoms with van der Waals surface area (Å²) in [5, 5.41) is 10.3. The van der Waals surface area contributed by atoms with Crippen LogP contribution < -0.4 is 4.74 Å². The fourth-order valence-corrected chi connectivity index (χ4v) is 1.86. The van der Waals surface area contributed by atoms with E-state index in [1.165, 1.54) is 12.1 Å². The lowest BCUT2D eigenvalue weighted by molar-refractivity contribution is -0.132. The molecule has 2 aromatic carbocycles. The van der Waals surface area contributed by atoms with Crippen molar-refractivity contribution in [1.82, 2.24) is 0 Å². The Hall–Kier alpha value is -1.63. The zero-order valence-corrected chi connectivity index (χ0v) is 12.2. The van der Waals surface area contributed by atoms with E-state index in [-0.39, 0.29) is 15.5 Å². The monoisotopic (exact) mass is 370 g/mol. The van der Waals surface area contributed by atoms with Crippen molar-refractivity contribution in [2.45, 2.75) is 10.8 Å². The molecule has 2 aromatic rings. The summed E-state index contributed by atoms with van der Waals surface area (Å²) in [5.41, 5.74) is 0.193. The SMILES string of the molecule is CC(I)C(=O)Oc1ccc(C(=O)O)c2ccccc12. The van der Waals surface area contributed by atoms with Gasteiger partial charge >= 0.3 is 11.9 Å². The van der Waals surface area contributed by atoms with Gasteiger partial charge in [-0.1, -0.05) is 46.9 Å². The Balaban J connectivity index is 2.56. The maximum absolute atomic E-state index is 11.6. The molecule has 2 rings (SSSR count). The van der Waals surface area contributed by atoms with Gasteiger partial charge in [-0.3, -0.25) is 4.79 Å². The summed E-state index contributed by atoms with van der Waals surface area (Å²) in [5.74, 6) is -0.973. The average Bonchev–Trinajstić information content (AvgIpc) is 2.38. The van der Waals surface area contributed by atoms with E-state index in [4.69, 9.17) is 9.84 Å². The lowest BCUT2D eigenvalue weighted by atomic mass is 10.0. The number of aromatic carboxylic acids is 1. The third-order valence-corrected chi connectivity index (χ3v) is 3.16. The molecular formula is C14H11IO4. The molecule has 0 saturated heterocycles. The average molecular weight is 370 g/mol. The predicted octanol–water partition coefficient (Wildman–Crippen LogP) is 3.27. The third-order valence-electron chi connectivity index (χ3n) is 2.65. The van der Waals surface area contributed by atoms with E-state index in [9.17, 15) is 9.59 Å². The normalized spacial score (nSPS) is 12.1. The number of esters is 1. The minimum atomic E-state index is -1.00. The maximum atomic E-state index is 11.6. The first-order chi connectivity index (χ1) is 9.00. The second-order valence-corrected chi connectivity index (χ2v) is 5.87. The van der Waals surface area contributed by atoms with Crippen LogP contribution in [0.3, 0.4) is 0 Å². The quantitative estimate of drug-likeness (QED) is 0.390. The van der Waals surface area contributed by atoms with Crippen molar-refractivity contribution >= 4 is 45.3 Å².